The first-order chi connectivity index (χ1) is 12.2. The van der Waals surface area contributed by atoms with Crippen LogP contribution in [0.4, 0.5) is 10.5 Å². The highest BCUT2D eigenvalue weighted by Gasteiger charge is 2.15. The van der Waals surface area contributed by atoms with E-state index in [0.29, 0.717) is 12.8 Å². The van der Waals surface area contributed by atoms with Crippen LogP contribution in [0.1, 0.15) is 52.9 Å². The molecular formula is C18H25NO7. The zero-order chi connectivity index (χ0) is 19.6. The van der Waals surface area contributed by atoms with Gasteiger partial charge < -0.3 is 14.2 Å². The number of nitro benzene ring substituents is 1. The fourth-order valence-electron chi connectivity index (χ4n) is 2.03. The van der Waals surface area contributed by atoms with Gasteiger partial charge in [-0.2, -0.15) is 0 Å². The van der Waals surface area contributed by atoms with Crippen LogP contribution in [0.15, 0.2) is 24.3 Å². The number of ether oxygens (including phenoxy) is 3. The van der Waals surface area contributed by atoms with Crippen molar-refractivity contribution >= 4 is 17.8 Å². The number of benzene rings is 1. The second kappa shape index (κ2) is 10.4. The molecule has 0 saturated carbocycles. The maximum absolute atomic E-state index is 11.5. The van der Waals surface area contributed by atoms with E-state index >= 15 is 0 Å². The lowest BCUT2D eigenvalue weighted by Gasteiger charge is -2.19. The molecule has 0 N–H and O–H groups in total. The molecule has 0 heterocycles. The number of hydrogen-bond donors (Lipinski definition) is 0. The quantitative estimate of drug-likeness (QED) is 0.209. The highest BCUT2D eigenvalue weighted by Crippen LogP contribution is 2.17. The van der Waals surface area contributed by atoms with Crippen LogP contribution in [0.3, 0.4) is 0 Å². The minimum Gasteiger partial charge on any atom is -0.460 e. The molecule has 0 bridgehead atoms. The van der Waals surface area contributed by atoms with Crippen LogP contribution in [-0.4, -0.2) is 29.3 Å². The molecule has 0 aliphatic heterocycles. The molecule has 0 amide bonds. The molecule has 0 atom stereocenters. The predicted molar refractivity (Wildman–Crippen MR) is 94.0 cm³/mol. The molecule has 0 saturated heterocycles. The monoisotopic (exact) mass is 367 g/mol. The summed E-state index contributed by atoms with van der Waals surface area (Å²) >= 11 is 0. The van der Waals surface area contributed by atoms with Gasteiger partial charge in [0.15, 0.2) is 0 Å². The Morgan fingerprint density at radius 3 is 2.23 bits per heavy atom. The Bertz CT molecular complexity index is 605. The number of nitrogens with zero attached hydrogens (tertiary/aromatic N) is 1. The van der Waals surface area contributed by atoms with Crippen LogP contribution in [0, 0.1) is 10.1 Å². The van der Waals surface area contributed by atoms with Crippen molar-refractivity contribution in [3.63, 3.8) is 0 Å². The molecule has 1 aromatic rings. The van der Waals surface area contributed by atoms with Gasteiger partial charge in [-0.1, -0.05) is 12.8 Å². The summed E-state index contributed by atoms with van der Waals surface area (Å²) in [4.78, 5) is 33.0. The maximum Gasteiger partial charge on any atom is 0.513 e. The number of non-ortho nitro benzene ring substituents is 1. The molecular weight excluding hydrogens is 342 g/mol. The normalized spacial score (nSPS) is 10.9. The van der Waals surface area contributed by atoms with Crippen molar-refractivity contribution in [3.8, 4) is 5.75 Å². The molecule has 0 spiro atoms. The van der Waals surface area contributed by atoms with E-state index in [1.54, 1.807) is 0 Å². The third-order valence-electron chi connectivity index (χ3n) is 3.16. The molecule has 1 rings (SSSR count). The van der Waals surface area contributed by atoms with Gasteiger partial charge >= 0.3 is 12.1 Å². The summed E-state index contributed by atoms with van der Waals surface area (Å²) in [7, 11) is 0. The van der Waals surface area contributed by atoms with Crippen LogP contribution < -0.4 is 4.74 Å². The van der Waals surface area contributed by atoms with Crippen molar-refractivity contribution in [3.05, 3.63) is 34.4 Å². The van der Waals surface area contributed by atoms with Gasteiger partial charge in [-0.25, -0.2) is 4.79 Å². The summed E-state index contributed by atoms with van der Waals surface area (Å²) in [6.07, 6.45) is 2.55. The molecule has 0 aliphatic rings. The van der Waals surface area contributed by atoms with E-state index in [9.17, 15) is 19.7 Å². The summed E-state index contributed by atoms with van der Waals surface area (Å²) in [5.74, 6) is -0.0293. The Labute approximate surface area is 152 Å². The van der Waals surface area contributed by atoms with Crippen molar-refractivity contribution in [2.75, 3.05) is 6.61 Å². The first kappa shape index (κ1) is 21.4. The molecule has 144 valence electrons. The van der Waals surface area contributed by atoms with Crippen LogP contribution in [0.5, 0.6) is 5.75 Å². The minimum atomic E-state index is -0.854. The Hall–Kier alpha value is -2.64. The number of carbonyl (C=O) groups excluding carboxylic acids is 2. The molecule has 0 unspecified atom stereocenters. The average Bonchev–Trinajstić information content (AvgIpc) is 2.52. The summed E-state index contributed by atoms with van der Waals surface area (Å²) in [5, 5.41) is 10.5. The van der Waals surface area contributed by atoms with E-state index in [4.69, 9.17) is 14.2 Å². The summed E-state index contributed by atoms with van der Waals surface area (Å²) in [6.45, 7) is 5.70. The number of nitro groups is 1. The SMILES string of the molecule is CC(C)(C)OC(=O)CCCCCCOC(=O)Oc1ccc([N+](=O)[O-])cc1. The van der Waals surface area contributed by atoms with Crippen LogP contribution in [0.2, 0.25) is 0 Å². The van der Waals surface area contributed by atoms with Crippen molar-refractivity contribution in [1.82, 2.24) is 0 Å². The van der Waals surface area contributed by atoms with Crippen molar-refractivity contribution in [2.45, 2.75) is 58.5 Å². The van der Waals surface area contributed by atoms with Gasteiger partial charge in [-0.3, -0.25) is 14.9 Å². The first-order valence-electron chi connectivity index (χ1n) is 8.48. The van der Waals surface area contributed by atoms with Crippen LogP contribution in [-0.2, 0) is 14.3 Å². The van der Waals surface area contributed by atoms with Crippen LogP contribution >= 0.6 is 0 Å². The van der Waals surface area contributed by atoms with E-state index < -0.39 is 16.7 Å². The molecule has 1 aromatic carbocycles. The van der Waals surface area contributed by atoms with E-state index in [2.05, 4.69) is 0 Å². The van der Waals surface area contributed by atoms with E-state index in [-0.39, 0.29) is 24.0 Å². The van der Waals surface area contributed by atoms with E-state index in [0.717, 1.165) is 19.3 Å². The second-order valence-electron chi connectivity index (χ2n) is 6.70. The van der Waals surface area contributed by atoms with Crippen molar-refractivity contribution in [1.29, 1.82) is 0 Å². The average molecular weight is 367 g/mol. The number of carbonyl (C=O) groups is 2. The molecule has 0 aliphatic carbocycles. The number of hydrogen-bond acceptors (Lipinski definition) is 7. The smallest absolute Gasteiger partial charge is 0.460 e. The fraction of sp³-hybridized carbons (Fsp3) is 0.556. The third kappa shape index (κ3) is 9.61. The number of unbranched alkanes of at least 4 members (excludes halogenated alkanes) is 3. The Balaban J connectivity index is 2.09. The largest absolute Gasteiger partial charge is 0.513 e. The predicted octanol–water partition coefficient (Wildman–Crippen LogP) is 4.40. The Kier molecular flexibility index (Phi) is 8.54. The fourth-order valence-corrected chi connectivity index (χ4v) is 2.03. The topological polar surface area (TPSA) is 105 Å². The van der Waals surface area contributed by atoms with Gasteiger partial charge in [-0.05, 0) is 45.7 Å². The van der Waals surface area contributed by atoms with Gasteiger partial charge in [0.1, 0.15) is 11.4 Å². The van der Waals surface area contributed by atoms with Gasteiger partial charge in [-0.15, -0.1) is 0 Å². The zero-order valence-corrected chi connectivity index (χ0v) is 15.4. The van der Waals surface area contributed by atoms with Crippen LogP contribution in [0.25, 0.3) is 0 Å². The Morgan fingerprint density at radius 1 is 1.04 bits per heavy atom. The zero-order valence-electron chi connectivity index (χ0n) is 15.4. The minimum absolute atomic E-state index is 0.0860. The molecule has 0 aromatic heterocycles. The highest BCUT2D eigenvalue weighted by atomic mass is 16.7. The van der Waals surface area contributed by atoms with Gasteiger partial charge in [0, 0.05) is 18.6 Å². The number of rotatable bonds is 9. The maximum atomic E-state index is 11.5. The summed E-state index contributed by atoms with van der Waals surface area (Å²) < 4.78 is 15.1. The molecule has 0 fully saturated rings. The molecule has 0 radical (unpaired) electrons. The van der Waals surface area contributed by atoms with Gasteiger partial charge in [0.2, 0.25) is 0 Å². The molecule has 8 heteroatoms. The first-order valence-corrected chi connectivity index (χ1v) is 8.48. The summed E-state index contributed by atoms with van der Waals surface area (Å²) in [6, 6.07) is 5.15. The highest BCUT2D eigenvalue weighted by molar-refractivity contribution is 5.69. The Morgan fingerprint density at radius 2 is 1.65 bits per heavy atom. The van der Waals surface area contributed by atoms with Gasteiger partial charge in [0.05, 0.1) is 11.5 Å². The summed E-state index contributed by atoms with van der Waals surface area (Å²) in [5.41, 5.74) is -0.549. The van der Waals surface area contributed by atoms with Crippen molar-refractivity contribution in [2.24, 2.45) is 0 Å². The third-order valence-corrected chi connectivity index (χ3v) is 3.16. The number of esters is 1. The standard InChI is InChI=1S/C18H25NO7/c1-18(2,3)26-16(20)8-6-4-5-7-13-24-17(21)25-15-11-9-14(10-12-15)19(22)23/h9-12H,4-8,13H2,1-3H3. The van der Waals surface area contributed by atoms with E-state index in [1.807, 2.05) is 20.8 Å². The van der Waals surface area contributed by atoms with Gasteiger partial charge in [0.25, 0.3) is 5.69 Å². The molecule has 8 nitrogen and oxygen atoms in total. The lowest BCUT2D eigenvalue weighted by atomic mass is 10.1. The molecule has 26 heavy (non-hydrogen) atoms. The second-order valence-corrected chi connectivity index (χ2v) is 6.70. The van der Waals surface area contributed by atoms with Crippen molar-refractivity contribution < 1.29 is 28.7 Å². The lowest BCUT2D eigenvalue weighted by Crippen LogP contribution is -2.23. The lowest BCUT2D eigenvalue weighted by molar-refractivity contribution is -0.384. The van der Waals surface area contributed by atoms with E-state index in [1.165, 1.54) is 24.3 Å².